The molecule has 2 aliphatic rings. The van der Waals surface area contributed by atoms with E-state index in [2.05, 4.69) is 5.32 Å². The lowest BCUT2D eigenvalue weighted by Crippen LogP contribution is -2.50. The molecule has 1 atom stereocenters. The summed E-state index contributed by atoms with van der Waals surface area (Å²) >= 11 is 0. The van der Waals surface area contributed by atoms with Crippen molar-refractivity contribution < 1.29 is 19.0 Å². The first-order chi connectivity index (χ1) is 9.52. The number of halogens is 1. The second-order valence-corrected chi connectivity index (χ2v) is 5.40. The third-order valence-electron chi connectivity index (χ3n) is 4.10. The molecule has 6 heteroatoms. The number of nitrogens with zero attached hydrogens (tertiary/aromatic N) is 1. The molecule has 1 amide bonds. The highest BCUT2D eigenvalue weighted by atomic mass is 19.1. The maximum atomic E-state index is 13.4. The molecule has 1 aromatic rings. The van der Waals surface area contributed by atoms with Crippen LogP contribution in [0.5, 0.6) is 5.75 Å². The van der Waals surface area contributed by atoms with E-state index in [1.165, 1.54) is 12.1 Å². The van der Waals surface area contributed by atoms with E-state index < -0.39 is 17.5 Å². The summed E-state index contributed by atoms with van der Waals surface area (Å²) in [6.07, 6.45) is 0.782. The van der Waals surface area contributed by atoms with Crippen LogP contribution in [-0.2, 0) is 9.53 Å². The zero-order chi connectivity index (χ0) is 14.3. The molecule has 0 radical (unpaired) electrons. The van der Waals surface area contributed by atoms with Crippen LogP contribution in [0.4, 0.5) is 4.39 Å². The Balaban J connectivity index is 1.93. The van der Waals surface area contributed by atoms with Gasteiger partial charge in [-0.05, 0) is 30.5 Å². The Hall–Kier alpha value is -1.66. The van der Waals surface area contributed by atoms with E-state index in [1.54, 1.807) is 11.9 Å². The molecule has 108 valence electrons. The Labute approximate surface area is 116 Å². The number of amides is 1. The molecule has 2 heterocycles. The van der Waals surface area contributed by atoms with E-state index >= 15 is 0 Å². The van der Waals surface area contributed by atoms with E-state index in [0.29, 0.717) is 31.6 Å². The lowest BCUT2D eigenvalue weighted by molar-refractivity contribution is -0.135. The van der Waals surface area contributed by atoms with Crippen LogP contribution in [0.15, 0.2) is 18.2 Å². The Morgan fingerprint density at radius 1 is 1.40 bits per heavy atom. The topological polar surface area (TPSA) is 61.8 Å². The predicted molar refractivity (Wildman–Crippen MR) is 69.5 cm³/mol. The van der Waals surface area contributed by atoms with E-state index in [-0.39, 0.29) is 11.7 Å². The van der Waals surface area contributed by atoms with Crippen LogP contribution in [0.3, 0.4) is 0 Å². The molecule has 2 aliphatic heterocycles. The molecule has 1 spiro atoms. The Kier molecular flexibility index (Phi) is 3.14. The van der Waals surface area contributed by atoms with Gasteiger partial charge in [-0.3, -0.25) is 10.1 Å². The summed E-state index contributed by atoms with van der Waals surface area (Å²) in [5.41, 5.74) is -0.0821. The Bertz CT molecular complexity index is 523. The van der Waals surface area contributed by atoms with Gasteiger partial charge in [0.1, 0.15) is 23.3 Å². The molecule has 5 nitrogen and oxygen atoms in total. The molecule has 2 fully saturated rings. The summed E-state index contributed by atoms with van der Waals surface area (Å²) in [6, 6.07) is 3.85. The third-order valence-corrected chi connectivity index (χ3v) is 4.10. The number of likely N-dealkylation sites (N-methyl/N-ethyl adjacent to an activating group) is 1. The molecular formula is C14H17FN2O3. The van der Waals surface area contributed by atoms with Gasteiger partial charge >= 0.3 is 0 Å². The molecule has 2 N–H and O–H groups in total. The standard InChI is InChI=1S/C14H17FN2O3/c1-17-12(9-6-10(15)8-11(18)7-9)16-14(13(17)19)2-4-20-5-3-14/h6-8,12,16,18H,2-5H2,1H3. The molecule has 0 saturated carbocycles. The second-order valence-electron chi connectivity index (χ2n) is 5.40. The van der Waals surface area contributed by atoms with Gasteiger partial charge in [0, 0.05) is 26.3 Å². The smallest absolute Gasteiger partial charge is 0.244 e. The highest BCUT2D eigenvalue weighted by molar-refractivity contribution is 5.89. The van der Waals surface area contributed by atoms with Gasteiger partial charge in [-0.15, -0.1) is 0 Å². The molecule has 0 bridgehead atoms. The summed E-state index contributed by atoms with van der Waals surface area (Å²) in [5.74, 6) is -0.666. The molecule has 2 saturated heterocycles. The molecule has 0 aliphatic carbocycles. The van der Waals surface area contributed by atoms with Crippen molar-refractivity contribution in [3.05, 3.63) is 29.6 Å². The molecule has 1 unspecified atom stereocenters. The number of phenolic OH excluding ortho intramolecular Hbond substituents is 1. The minimum absolute atomic E-state index is 0.00505. The number of rotatable bonds is 1. The Morgan fingerprint density at radius 2 is 2.10 bits per heavy atom. The molecular weight excluding hydrogens is 263 g/mol. The summed E-state index contributed by atoms with van der Waals surface area (Å²) < 4.78 is 18.7. The van der Waals surface area contributed by atoms with Crippen LogP contribution in [0.2, 0.25) is 0 Å². The van der Waals surface area contributed by atoms with Crippen LogP contribution in [-0.4, -0.2) is 41.7 Å². The van der Waals surface area contributed by atoms with Crippen molar-refractivity contribution in [1.29, 1.82) is 0 Å². The van der Waals surface area contributed by atoms with Crippen molar-refractivity contribution in [3.8, 4) is 5.75 Å². The van der Waals surface area contributed by atoms with Crippen LogP contribution in [0.1, 0.15) is 24.6 Å². The van der Waals surface area contributed by atoms with Crippen LogP contribution in [0.25, 0.3) is 0 Å². The Morgan fingerprint density at radius 3 is 2.75 bits per heavy atom. The zero-order valence-electron chi connectivity index (χ0n) is 11.2. The third kappa shape index (κ3) is 2.05. The minimum atomic E-state index is -0.625. The first kappa shape index (κ1) is 13.3. The number of ether oxygens (including phenoxy) is 1. The monoisotopic (exact) mass is 280 g/mol. The fourth-order valence-corrected chi connectivity index (χ4v) is 3.01. The van der Waals surface area contributed by atoms with Crippen molar-refractivity contribution in [3.63, 3.8) is 0 Å². The van der Waals surface area contributed by atoms with Gasteiger partial charge < -0.3 is 14.7 Å². The summed E-state index contributed by atoms with van der Waals surface area (Å²) in [6.45, 7) is 1.07. The summed E-state index contributed by atoms with van der Waals surface area (Å²) in [5, 5.41) is 12.8. The van der Waals surface area contributed by atoms with Crippen molar-refractivity contribution in [2.75, 3.05) is 20.3 Å². The van der Waals surface area contributed by atoms with Gasteiger partial charge in [-0.1, -0.05) is 0 Å². The zero-order valence-corrected chi connectivity index (χ0v) is 11.2. The maximum Gasteiger partial charge on any atom is 0.244 e. The van der Waals surface area contributed by atoms with Crippen molar-refractivity contribution >= 4 is 5.91 Å². The highest BCUT2D eigenvalue weighted by Gasteiger charge is 2.50. The summed E-state index contributed by atoms with van der Waals surface area (Å²) in [7, 11) is 1.69. The molecule has 1 aromatic carbocycles. The number of carbonyl (C=O) groups is 1. The highest BCUT2D eigenvalue weighted by Crippen LogP contribution is 2.36. The van der Waals surface area contributed by atoms with E-state index in [1.807, 2.05) is 0 Å². The lowest BCUT2D eigenvalue weighted by atomic mass is 9.90. The van der Waals surface area contributed by atoms with E-state index in [4.69, 9.17) is 4.74 Å². The summed E-state index contributed by atoms with van der Waals surface area (Å²) in [4.78, 5) is 14.1. The number of nitrogens with one attached hydrogen (secondary N) is 1. The maximum absolute atomic E-state index is 13.4. The van der Waals surface area contributed by atoms with Crippen molar-refractivity contribution in [1.82, 2.24) is 10.2 Å². The average Bonchev–Trinajstić information content (AvgIpc) is 2.64. The first-order valence-corrected chi connectivity index (χ1v) is 6.64. The van der Waals surface area contributed by atoms with Crippen LogP contribution < -0.4 is 5.32 Å². The first-order valence-electron chi connectivity index (χ1n) is 6.64. The minimum Gasteiger partial charge on any atom is -0.508 e. The van der Waals surface area contributed by atoms with Crippen molar-refractivity contribution in [2.24, 2.45) is 0 Å². The second kappa shape index (κ2) is 4.71. The van der Waals surface area contributed by atoms with Gasteiger partial charge in [-0.2, -0.15) is 0 Å². The quantitative estimate of drug-likeness (QED) is 0.810. The van der Waals surface area contributed by atoms with Gasteiger partial charge in [-0.25, -0.2) is 4.39 Å². The number of hydrogen-bond acceptors (Lipinski definition) is 4. The van der Waals surface area contributed by atoms with Crippen LogP contribution >= 0.6 is 0 Å². The number of hydrogen-bond donors (Lipinski definition) is 2. The van der Waals surface area contributed by atoms with Crippen LogP contribution in [0, 0.1) is 5.82 Å². The lowest BCUT2D eigenvalue weighted by Gasteiger charge is -2.31. The molecule has 3 rings (SSSR count). The predicted octanol–water partition coefficient (Wildman–Crippen LogP) is 1.14. The SMILES string of the molecule is CN1C(=O)C2(CCOCC2)NC1c1cc(O)cc(F)c1. The van der Waals surface area contributed by atoms with Gasteiger partial charge in [0.25, 0.3) is 0 Å². The van der Waals surface area contributed by atoms with E-state index in [0.717, 1.165) is 6.07 Å². The fourth-order valence-electron chi connectivity index (χ4n) is 3.01. The normalized spacial score (nSPS) is 25.4. The fraction of sp³-hybridized carbons (Fsp3) is 0.500. The largest absolute Gasteiger partial charge is 0.508 e. The van der Waals surface area contributed by atoms with Crippen molar-refractivity contribution in [2.45, 2.75) is 24.5 Å². The number of benzene rings is 1. The molecule has 0 aromatic heterocycles. The van der Waals surface area contributed by atoms with E-state index in [9.17, 15) is 14.3 Å². The van der Waals surface area contributed by atoms with Gasteiger partial charge in [0.2, 0.25) is 5.91 Å². The number of phenols is 1. The van der Waals surface area contributed by atoms with Gasteiger partial charge in [0.05, 0.1) is 0 Å². The number of aromatic hydroxyl groups is 1. The van der Waals surface area contributed by atoms with Gasteiger partial charge in [0.15, 0.2) is 0 Å². The average molecular weight is 280 g/mol. The number of carbonyl (C=O) groups excluding carboxylic acids is 1. The molecule has 20 heavy (non-hydrogen) atoms.